The number of aromatic nitrogens is 2. The molecule has 27 heavy (non-hydrogen) atoms. The summed E-state index contributed by atoms with van der Waals surface area (Å²) in [5.74, 6) is -0.188. The summed E-state index contributed by atoms with van der Waals surface area (Å²) >= 11 is 1.40. The highest BCUT2D eigenvalue weighted by Gasteiger charge is 2.32. The van der Waals surface area contributed by atoms with Gasteiger partial charge in [-0.25, -0.2) is 4.39 Å². The highest BCUT2D eigenvalue weighted by molar-refractivity contribution is 7.14. The molecular weight excluding hydrogens is 367 g/mol. The number of hydrogen-bond acceptors (Lipinski definition) is 5. The van der Waals surface area contributed by atoms with Gasteiger partial charge in [0.25, 0.3) is 0 Å². The van der Waals surface area contributed by atoms with Gasteiger partial charge in [0.15, 0.2) is 5.01 Å². The molecule has 2 fully saturated rings. The van der Waals surface area contributed by atoms with Crippen LogP contribution < -0.4 is 5.32 Å². The van der Waals surface area contributed by atoms with Gasteiger partial charge in [-0.05, 0) is 31.4 Å². The first kappa shape index (κ1) is 18.0. The van der Waals surface area contributed by atoms with Crippen LogP contribution in [0, 0.1) is 11.7 Å². The smallest absolute Gasteiger partial charge is 0.227 e. The maximum absolute atomic E-state index is 14.0. The monoisotopic (exact) mass is 388 g/mol. The van der Waals surface area contributed by atoms with Crippen molar-refractivity contribution in [2.75, 3.05) is 19.6 Å². The van der Waals surface area contributed by atoms with Crippen molar-refractivity contribution in [2.24, 2.45) is 5.92 Å². The van der Waals surface area contributed by atoms with E-state index in [0.29, 0.717) is 36.5 Å². The molecule has 2 aliphatic rings. The summed E-state index contributed by atoms with van der Waals surface area (Å²) < 4.78 is 14.0. The average Bonchev–Trinajstić information content (AvgIpc) is 3.18. The van der Waals surface area contributed by atoms with Gasteiger partial charge in [-0.2, -0.15) is 0 Å². The number of piperidine rings is 2. The molecule has 1 aromatic carbocycles. The average molecular weight is 388 g/mol. The second kappa shape index (κ2) is 7.72. The molecule has 0 aliphatic carbocycles. The molecular formula is C19H21FN4O2S. The van der Waals surface area contributed by atoms with Gasteiger partial charge >= 0.3 is 0 Å². The molecule has 8 heteroatoms. The molecule has 0 saturated carbocycles. The van der Waals surface area contributed by atoms with Crippen molar-refractivity contribution in [3.8, 4) is 10.6 Å². The summed E-state index contributed by atoms with van der Waals surface area (Å²) in [7, 11) is 0. The normalized spacial score (nSPS) is 23.1. The van der Waals surface area contributed by atoms with Crippen LogP contribution in [0.2, 0.25) is 0 Å². The van der Waals surface area contributed by atoms with Crippen LogP contribution in [-0.2, 0) is 9.59 Å². The number of nitrogens with one attached hydrogen (secondary N) is 1. The second-order valence-corrected chi connectivity index (χ2v) is 8.10. The Balaban J connectivity index is 1.45. The maximum atomic E-state index is 14.0. The van der Waals surface area contributed by atoms with Crippen molar-refractivity contribution in [2.45, 2.75) is 31.6 Å². The van der Waals surface area contributed by atoms with Gasteiger partial charge in [0.05, 0.1) is 5.92 Å². The number of rotatable bonds is 3. The number of halogens is 1. The van der Waals surface area contributed by atoms with E-state index in [-0.39, 0.29) is 29.5 Å². The van der Waals surface area contributed by atoms with E-state index in [1.54, 1.807) is 18.2 Å². The molecule has 0 radical (unpaired) electrons. The lowest BCUT2D eigenvalue weighted by molar-refractivity contribution is -0.138. The van der Waals surface area contributed by atoms with Gasteiger partial charge in [0.1, 0.15) is 10.8 Å². The standard InChI is InChI=1S/C19H21FN4O2S/c20-15-6-2-1-5-14(15)18-23-22-17(27-18)13-4-3-9-24(11-13)19(26)12-7-8-16(25)21-10-12/h1-2,5-6,12-13H,3-4,7-11H2,(H,21,25). The van der Waals surface area contributed by atoms with Crippen LogP contribution in [0.4, 0.5) is 4.39 Å². The Hall–Kier alpha value is -2.35. The van der Waals surface area contributed by atoms with Crippen molar-refractivity contribution in [3.63, 3.8) is 0 Å². The number of hydrogen-bond donors (Lipinski definition) is 1. The van der Waals surface area contributed by atoms with Crippen molar-refractivity contribution in [1.82, 2.24) is 20.4 Å². The minimum atomic E-state index is -0.306. The zero-order valence-corrected chi connectivity index (χ0v) is 15.7. The summed E-state index contributed by atoms with van der Waals surface area (Å²) in [6.07, 6.45) is 2.87. The van der Waals surface area contributed by atoms with Gasteiger partial charge in [0, 0.05) is 37.5 Å². The van der Waals surface area contributed by atoms with Crippen LogP contribution in [0.3, 0.4) is 0 Å². The Morgan fingerprint density at radius 1 is 1.26 bits per heavy atom. The van der Waals surface area contributed by atoms with E-state index in [4.69, 9.17) is 0 Å². The molecule has 0 spiro atoms. The lowest BCUT2D eigenvalue weighted by Gasteiger charge is -2.35. The van der Waals surface area contributed by atoms with Crippen LogP contribution in [0.25, 0.3) is 10.6 Å². The van der Waals surface area contributed by atoms with Gasteiger partial charge in [-0.1, -0.05) is 23.5 Å². The minimum Gasteiger partial charge on any atom is -0.355 e. The Morgan fingerprint density at radius 3 is 2.89 bits per heavy atom. The van der Waals surface area contributed by atoms with Crippen LogP contribution in [0.5, 0.6) is 0 Å². The third kappa shape index (κ3) is 3.85. The van der Waals surface area contributed by atoms with E-state index >= 15 is 0 Å². The molecule has 4 rings (SSSR count). The lowest BCUT2D eigenvalue weighted by Crippen LogP contribution is -2.47. The fourth-order valence-corrected chi connectivity index (χ4v) is 4.72. The van der Waals surface area contributed by atoms with E-state index in [0.717, 1.165) is 24.4 Å². The number of benzene rings is 1. The SMILES string of the molecule is O=C1CCC(C(=O)N2CCCC(c3nnc(-c4ccccc4F)s3)C2)CN1. The number of likely N-dealkylation sites (tertiary alicyclic amines) is 1. The van der Waals surface area contributed by atoms with Crippen LogP contribution in [0.1, 0.15) is 36.6 Å². The van der Waals surface area contributed by atoms with E-state index in [2.05, 4.69) is 15.5 Å². The minimum absolute atomic E-state index is 0.0186. The Morgan fingerprint density at radius 2 is 2.11 bits per heavy atom. The van der Waals surface area contributed by atoms with Crippen LogP contribution in [-0.4, -0.2) is 46.5 Å². The molecule has 1 N–H and O–H groups in total. The van der Waals surface area contributed by atoms with Gasteiger partial charge < -0.3 is 10.2 Å². The second-order valence-electron chi connectivity index (χ2n) is 7.09. The summed E-state index contributed by atoms with van der Waals surface area (Å²) in [4.78, 5) is 26.0. The zero-order chi connectivity index (χ0) is 18.8. The summed E-state index contributed by atoms with van der Waals surface area (Å²) in [5.41, 5.74) is 0.461. The van der Waals surface area contributed by atoms with E-state index in [1.807, 2.05) is 4.90 Å². The van der Waals surface area contributed by atoms with E-state index < -0.39 is 0 Å². The van der Waals surface area contributed by atoms with Crippen molar-refractivity contribution in [3.05, 3.63) is 35.1 Å². The summed E-state index contributed by atoms with van der Waals surface area (Å²) in [6.45, 7) is 1.77. The zero-order valence-electron chi connectivity index (χ0n) is 14.9. The molecule has 2 amide bonds. The first-order valence-corrected chi connectivity index (χ1v) is 10.1. The third-order valence-electron chi connectivity index (χ3n) is 5.24. The molecule has 2 saturated heterocycles. The van der Waals surface area contributed by atoms with Crippen LogP contribution in [0.15, 0.2) is 24.3 Å². The summed E-state index contributed by atoms with van der Waals surface area (Å²) in [6, 6.07) is 6.55. The predicted octanol–water partition coefficient (Wildman–Crippen LogP) is 2.58. The quantitative estimate of drug-likeness (QED) is 0.877. The maximum Gasteiger partial charge on any atom is 0.227 e. The Labute approximate surface area is 160 Å². The van der Waals surface area contributed by atoms with E-state index in [1.165, 1.54) is 17.4 Å². The van der Waals surface area contributed by atoms with Gasteiger partial charge in [0.2, 0.25) is 11.8 Å². The molecule has 3 heterocycles. The fourth-order valence-electron chi connectivity index (χ4n) is 3.72. The molecule has 1 aromatic heterocycles. The predicted molar refractivity (Wildman–Crippen MR) is 99.6 cm³/mol. The largest absolute Gasteiger partial charge is 0.355 e. The molecule has 2 aromatic rings. The third-order valence-corrected chi connectivity index (χ3v) is 6.36. The molecule has 0 bridgehead atoms. The first-order chi connectivity index (χ1) is 13.1. The fraction of sp³-hybridized carbons (Fsp3) is 0.474. The number of carbonyl (C=O) groups excluding carboxylic acids is 2. The Kier molecular flexibility index (Phi) is 5.15. The highest BCUT2D eigenvalue weighted by Crippen LogP contribution is 2.34. The molecule has 6 nitrogen and oxygen atoms in total. The molecule has 142 valence electrons. The van der Waals surface area contributed by atoms with E-state index in [9.17, 15) is 14.0 Å². The van der Waals surface area contributed by atoms with Crippen molar-refractivity contribution in [1.29, 1.82) is 0 Å². The van der Waals surface area contributed by atoms with Crippen molar-refractivity contribution >= 4 is 23.2 Å². The van der Waals surface area contributed by atoms with Gasteiger partial charge in [-0.3, -0.25) is 9.59 Å². The summed E-state index contributed by atoms with van der Waals surface area (Å²) in [5, 5.41) is 12.6. The first-order valence-electron chi connectivity index (χ1n) is 9.25. The van der Waals surface area contributed by atoms with Crippen molar-refractivity contribution < 1.29 is 14.0 Å². The number of nitrogens with zero attached hydrogens (tertiary/aromatic N) is 3. The molecule has 2 unspecified atom stereocenters. The molecule has 2 aliphatic heterocycles. The Bertz CT molecular complexity index is 846. The van der Waals surface area contributed by atoms with Crippen LogP contribution >= 0.6 is 11.3 Å². The molecule has 2 atom stereocenters. The highest BCUT2D eigenvalue weighted by atomic mass is 32.1. The topological polar surface area (TPSA) is 75.2 Å². The number of amides is 2. The lowest BCUT2D eigenvalue weighted by atomic mass is 9.94. The van der Waals surface area contributed by atoms with Gasteiger partial charge in [-0.15, -0.1) is 10.2 Å². The number of carbonyl (C=O) groups is 2.